The number of ether oxygens (including phenoxy) is 1. The van der Waals surface area contributed by atoms with Gasteiger partial charge in [-0.1, -0.05) is 30.3 Å². The lowest BCUT2D eigenvalue weighted by atomic mass is 10.1. The van der Waals surface area contributed by atoms with Gasteiger partial charge >= 0.3 is 5.97 Å². The lowest BCUT2D eigenvalue weighted by Gasteiger charge is -2.33. The van der Waals surface area contributed by atoms with E-state index in [9.17, 15) is 10.0 Å². The van der Waals surface area contributed by atoms with Gasteiger partial charge in [0.1, 0.15) is 5.70 Å². The van der Waals surface area contributed by atoms with Gasteiger partial charge in [0.2, 0.25) is 0 Å². The van der Waals surface area contributed by atoms with Crippen LogP contribution in [0.1, 0.15) is 25.8 Å². The first-order valence-corrected chi connectivity index (χ1v) is 6.39. The maximum Gasteiger partial charge on any atom is 0.310 e. The van der Waals surface area contributed by atoms with Crippen LogP contribution in [0.4, 0.5) is 0 Å². The van der Waals surface area contributed by atoms with Gasteiger partial charge in [-0.15, -0.1) is 0 Å². The van der Waals surface area contributed by atoms with Crippen molar-refractivity contribution in [2.45, 2.75) is 25.9 Å². The third kappa shape index (κ3) is 3.03. The van der Waals surface area contributed by atoms with E-state index in [1.165, 1.54) is 6.20 Å². The Morgan fingerprint density at radius 2 is 2.10 bits per heavy atom. The predicted molar refractivity (Wildman–Crippen MR) is 72.6 cm³/mol. The number of hydroxylamine groups is 2. The van der Waals surface area contributed by atoms with Crippen LogP contribution < -0.4 is 0 Å². The molecule has 0 saturated carbocycles. The fourth-order valence-corrected chi connectivity index (χ4v) is 1.83. The Labute approximate surface area is 117 Å². The molecule has 0 aliphatic carbocycles. The van der Waals surface area contributed by atoms with Crippen LogP contribution >= 0.6 is 0 Å². The van der Waals surface area contributed by atoms with Gasteiger partial charge in [0.05, 0.1) is 19.2 Å². The summed E-state index contributed by atoms with van der Waals surface area (Å²) in [6.07, 6.45) is 1.39. The summed E-state index contributed by atoms with van der Waals surface area (Å²) in [5.74, 6) is -0.426. The number of rotatable bonds is 4. The largest absolute Gasteiger partial charge is 0.466 e. The van der Waals surface area contributed by atoms with E-state index in [-0.39, 0.29) is 6.42 Å². The molecule has 0 radical (unpaired) electrons. The second kappa shape index (κ2) is 5.83. The average molecular weight is 275 g/mol. The topological polar surface area (TPSA) is 74.5 Å². The molecule has 0 fully saturated rings. The molecule has 1 atom stereocenters. The molecule has 1 aromatic rings. The minimum atomic E-state index is -1.13. The molecule has 0 spiro atoms. The number of azo groups is 1. The zero-order chi connectivity index (χ0) is 14.6. The van der Waals surface area contributed by atoms with Crippen LogP contribution in [-0.4, -0.2) is 28.5 Å². The number of hydrogen-bond donors (Lipinski definition) is 1. The van der Waals surface area contributed by atoms with E-state index in [0.29, 0.717) is 12.3 Å². The van der Waals surface area contributed by atoms with Crippen molar-refractivity contribution in [1.29, 1.82) is 0 Å². The number of nitrogens with zero attached hydrogens (tertiary/aromatic N) is 3. The minimum Gasteiger partial charge on any atom is -0.466 e. The molecule has 1 N–H and O–H groups in total. The van der Waals surface area contributed by atoms with Crippen molar-refractivity contribution in [1.82, 2.24) is 5.06 Å². The van der Waals surface area contributed by atoms with Crippen molar-refractivity contribution in [3.05, 3.63) is 42.1 Å². The Morgan fingerprint density at radius 1 is 1.40 bits per heavy atom. The Kier molecular flexibility index (Phi) is 4.14. The van der Waals surface area contributed by atoms with Gasteiger partial charge in [0.15, 0.2) is 5.66 Å². The van der Waals surface area contributed by atoms with Gasteiger partial charge in [0, 0.05) is 5.56 Å². The molecule has 2 rings (SSSR count). The van der Waals surface area contributed by atoms with E-state index in [0.717, 1.165) is 10.6 Å². The molecule has 1 aromatic carbocycles. The Balaban J connectivity index is 2.14. The fraction of sp³-hybridized carbons (Fsp3) is 0.357. The molecule has 1 aliphatic rings. The highest BCUT2D eigenvalue weighted by molar-refractivity contribution is 5.71. The monoisotopic (exact) mass is 275 g/mol. The number of esters is 1. The molecule has 0 saturated heterocycles. The summed E-state index contributed by atoms with van der Waals surface area (Å²) in [7, 11) is 0. The van der Waals surface area contributed by atoms with Gasteiger partial charge in [-0.25, -0.2) is 5.06 Å². The Bertz CT molecular complexity index is 542. The summed E-state index contributed by atoms with van der Waals surface area (Å²) in [6, 6.07) is 9.38. The van der Waals surface area contributed by atoms with Crippen molar-refractivity contribution < 1.29 is 14.7 Å². The van der Waals surface area contributed by atoms with Gasteiger partial charge in [-0.2, -0.15) is 10.2 Å². The molecule has 6 nitrogen and oxygen atoms in total. The number of hydrogen-bond acceptors (Lipinski definition) is 6. The van der Waals surface area contributed by atoms with E-state index in [1.54, 1.807) is 13.8 Å². The highest BCUT2D eigenvalue weighted by Crippen LogP contribution is 2.30. The molecule has 0 amide bonds. The summed E-state index contributed by atoms with van der Waals surface area (Å²) < 4.78 is 4.87. The second-order valence-electron chi connectivity index (χ2n) is 4.62. The zero-order valence-electron chi connectivity index (χ0n) is 11.5. The third-order valence-corrected chi connectivity index (χ3v) is 2.97. The lowest BCUT2D eigenvalue weighted by molar-refractivity contribution is -0.160. The smallest absolute Gasteiger partial charge is 0.310 e. The highest BCUT2D eigenvalue weighted by Gasteiger charge is 2.36. The molecule has 1 unspecified atom stereocenters. The van der Waals surface area contributed by atoms with Gasteiger partial charge in [-0.3, -0.25) is 10.0 Å². The molecule has 20 heavy (non-hydrogen) atoms. The summed E-state index contributed by atoms with van der Waals surface area (Å²) in [5.41, 5.74) is 0.243. The molecular formula is C14H17N3O3. The summed E-state index contributed by atoms with van der Waals surface area (Å²) >= 11 is 0. The van der Waals surface area contributed by atoms with Gasteiger partial charge < -0.3 is 4.74 Å². The van der Waals surface area contributed by atoms with Crippen molar-refractivity contribution in [3.8, 4) is 0 Å². The Hall–Kier alpha value is -2.21. The summed E-state index contributed by atoms with van der Waals surface area (Å²) in [4.78, 5) is 11.5. The lowest BCUT2D eigenvalue weighted by Crippen LogP contribution is -2.42. The maximum absolute atomic E-state index is 11.5. The first kappa shape index (κ1) is 14.2. The molecule has 1 heterocycles. The van der Waals surface area contributed by atoms with Crippen LogP contribution in [0.25, 0.3) is 5.70 Å². The van der Waals surface area contributed by atoms with E-state index in [2.05, 4.69) is 10.2 Å². The number of benzene rings is 1. The van der Waals surface area contributed by atoms with Crippen LogP contribution in [0.3, 0.4) is 0 Å². The van der Waals surface area contributed by atoms with Crippen molar-refractivity contribution in [2.24, 2.45) is 10.2 Å². The molecule has 0 aromatic heterocycles. The number of carbonyl (C=O) groups is 1. The molecule has 0 bridgehead atoms. The standard InChI is InChI=1S/C14H17N3O3/c1-3-20-13(18)9-14(2)16-15-12(10-17(14)19)11-7-5-4-6-8-11/h4-8,10,19H,3,9H2,1-2H3. The first-order chi connectivity index (χ1) is 9.55. The van der Waals surface area contributed by atoms with Crippen LogP contribution in [0.2, 0.25) is 0 Å². The quantitative estimate of drug-likeness (QED) is 0.857. The van der Waals surface area contributed by atoms with Crippen molar-refractivity contribution in [2.75, 3.05) is 6.61 Å². The molecular weight excluding hydrogens is 258 g/mol. The van der Waals surface area contributed by atoms with Crippen LogP contribution in [0.15, 0.2) is 46.8 Å². The fourth-order valence-electron chi connectivity index (χ4n) is 1.83. The normalized spacial score (nSPS) is 21.6. The van der Waals surface area contributed by atoms with E-state index >= 15 is 0 Å². The zero-order valence-corrected chi connectivity index (χ0v) is 11.5. The van der Waals surface area contributed by atoms with Crippen molar-refractivity contribution in [3.63, 3.8) is 0 Å². The summed E-state index contributed by atoms with van der Waals surface area (Å²) in [5, 5.41) is 19.1. The van der Waals surface area contributed by atoms with Crippen LogP contribution in [-0.2, 0) is 9.53 Å². The molecule has 1 aliphatic heterocycles. The molecule has 6 heteroatoms. The molecule has 106 valence electrons. The van der Waals surface area contributed by atoms with E-state index < -0.39 is 11.6 Å². The van der Waals surface area contributed by atoms with E-state index in [4.69, 9.17) is 4.74 Å². The van der Waals surface area contributed by atoms with Crippen molar-refractivity contribution >= 4 is 11.7 Å². The highest BCUT2D eigenvalue weighted by atomic mass is 16.5. The first-order valence-electron chi connectivity index (χ1n) is 6.39. The van der Waals surface area contributed by atoms with Crippen LogP contribution in [0, 0.1) is 0 Å². The average Bonchev–Trinajstić information content (AvgIpc) is 2.43. The van der Waals surface area contributed by atoms with E-state index in [1.807, 2.05) is 30.3 Å². The van der Waals surface area contributed by atoms with Gasteiger partial charge in [-0.05, 0) is 13.8 Å². The SMILES string of the molecule is CCOC(=O)CC1(C)N=NC(c2ccccc2)=CN1O. The minimum absolute atomic E-state index is 0.0700. The Morgan fingerprint density at radius 3 is 2.70 bits per heavy atom. The number of carbonyl (C=O) groups excluding carboxylic acids is 1. The summed E-state index contributed by atoms with van der Waals surface area (Å²) in [6.45, 7) is 3.64. The second-order valence-corrected chi connectivity index (χ2v) is 4.62. The maximum atomic E-state index is 11.5. The predicted octanol–water partition coefficient (Wildman–Crippen LogP) is 2.81. The third-order valence-electron chi connectivity index (χ3n) is 2.97. The van der Waals surface area contributed by atoms with Crippen LogP contribution in [0.5, 0.6) is 0 Å². The van der Waals surface area contributed by atoms with Gasteiger partial charge in [0.25, 0.3) is 0 Å².